The van der Waals surface area contributed by atoms with Gasteiger partial charge in [0.1, 0.15) is 0 Å². The molecule has 2 N–H and O–H groups in total. The van der Waals surface area contributed by atoms with Crippen LogP contribution in [0.15, 0.2) is 12.5 Å². The quantitative estimate of drug-likeness (QED) is 0.891. The van der Waals surface area contributed by atoms with Crippen molar-refractivity contribution in [3.8, 4) is 0 Å². The van der Waals surface area contributed by atoms with Crippen LogP contribution >= 0.6 is 0 Å². The van der Waals surface area contributed by atoms with E-state index in [1.165, 1.54) is 18.5 Å². The minimum absolute atomic E-state index is 0.0744. The lowest BCUT2D eigenvalue weighted by molar-refractivity contribution is -0.0813. The number of nitrogens with two attached hydrogens (primary N) is 1. The van der Waals surface area contributed by atoms with E-state index < -0.39 is 0 Å². The van der Waals surface area contributed by atoms with Gasteiger partial charge in [-0.05, 0) is 26.7 Å². The summed E-state index contributed by atoms with van der Waals surface area (Å²) in [6.45, 7) is 6.78. The van der Waals surface area contributed by atoms with Gasteiger partial charge in [-0.2, -0.15) is 0 Å². The van der Waals surface area contributed by atoms with Gasteiger partial charge in [-0.15, -0.1) is 0 Å². The summed E-state index contributed by atoms with van der Waals surface area (Å²) in [5.74, 6) is 0. The molecule has 0 radical (unpaired) electrons. The van der Waals surface area contributed by atoms with Crippen LogP contribution in [0.3, 0.4) is 0 Å². The van der Waals surface area contributed by atoms with Crippen LogP contribution in [0.1, 0.15) is 44.5 Å². The second-order valence-electron chi connectivity index (χ2n) is 5.88. The molecule has 5 heteroatoms. The summed E-state index contributed by atoms with van der Waals surface area (Å²) >= 11 is 0. The summed E-state index contributed by atoms with van der Waals surface area (Å²) in [5.41, 5.74) is 7.19. The number of ether oxygens (including phenoxy) is 1. The second-order valence-corrected chi connectivity index (χ2v) is 5.88. The normalized spacial score (nSPS) is 29.1. The fourth-order valence-electron chi connectivity index (χ4n) is 3.09. The molecular formula is C14H24N4O. The van der Waals surface area contributed by atoms with Gasteiger partial charge >= 0.3 is 0 Å². The van der Waals surface area contributed by atoms with Crippen LogP contribution in [0.2, 0.25) is 0 Å². The number of hydrogen-bond donors (Lipinski definition) is 1. The Bertz CT molecular complexity index is 427. The lowest BCUT2D eigenvalue weighted by Gasteiger charge is -2.43. The van der Waals surface area contributed by atoms with Crippen LogP contribution in [0.5, 0.6) is 0 Å². The summed E-state index contributed by atoms with van der Waals surface area (Å²) in [6.07, 6.45) is 6.58. The number of rotatable bonds is 4. The van der Waals surface area contributed by atoms with Crippen LogP contribution in [0, 0.1) is 0 Å². The van der Waals surface area contributed by atoms with E-state index in [4.69, 9.17) is 10.5 Å². The smallest absolute Gasteiger partial charge is 0.0951 e. The first-order valence-corrected chi connectivity index (χ1v) is 7.31. The molecule has 3 rings (SSSR count). The highest BCUT2D eigenvalue weighted by molar-refractivity contribution is 5.13. The monoisotopic (exact) mass is 264 g/mol. The average molecular weight is 264 g/mol. The molecule has 1 aromatic heterocycles. The van der Waals surface area contributed by atoms with Crippen molar-refractivity contribution in [1.29, 1.82) is 0 Å². The Morgan fingerprint density at radius 3 is 2.89 bits per heavy atom. The summed E-state index contributed by atoms with van der Waals surface area (Å²) in [4.78, 5) is 6.86. The van der Waals surface area contributed by atoms with E-state index in [0.717, 1.165) is 13.2 Å². The zero-order chi connectivity index (χ0) is 13.4. The van der Waals surface area contributed by atoms with Crippen LogP contribution < -0.4 is 5.73 Å². The van der Waals surface area contributed by atoms with Crippen molar-refractivity contribution in [3.05, 3.63) is 18.2 Å². The van der Waals surface area contributed by atoms with Crippen molar-refractivity contribution in [2.24, 2.45) is 5.73 Å². The van der Waals surface area contributed by atoms with Gasteiger partial charge in [-0.3, -0.25) is 4.90 Å². The van der Waals surface area contributed by atoms with Crippen LogP contribution in [-0.2, 0) is 4.74 Å². The van der Waals surface area contributed by atoms with Gasteiger partial charge in [0.05, 0.1) is 30.8 Å². The van der Waals surface area contributed by atoms with Gasteiger partial charge in [0.2, 0.25) is 0 Å². The maximum absolute atomic E-state index is 5.92. The zero-order valence-corrected chi connectivity index (χ0v) is 11.8. The first-order chi connectivity index (χ1) is 9.22. The number of imidazole rings is 1. The van der Waals surface area contributed by atoms with E-state index in [-0.39, 0.29) is 12.1 Å². The van der Waals surface area contributed by atoms with E-state index in [1.54, 1.807) is 0 Å². The third-order valence-electron chi connectivity index (χ3n) is 4.23. The molecule has 2 fully saturated rings. The van der Waals surface area contributed by atoms with Gasteiger partial charge < -0.3 is 15.0 Å². The SMILES string of the molecule is CC(C)N1CCOC(CN)C1c1cncn1C1CC1. The maximum atomic E-state index is 5.92. The lowest BCUT2D eigenvalue weighted by Crippen LogP contribution is -2.51. The molecule has 0 spiro atoms. The second kappa shape index (κ2) is 5.23. The summed E-state index contributed by atoms with van der Waals surface area (Å²) in [6, 6.07) is 1.37. The predicted octanol–water partition coefficient (Wildman–Crippen LogP) is 1.33. The zero-order valence-electron chi connectivity index (χ0n) is 11.8. The van der Waals surface area contributed by atoms with E-state index >= 15 is 0 Å². The number of aromatic nitrogens is 2. The molecule has 2 unspecified atom stereocenters. The molecule has 1 saturated heterocycles. The summed E-state index contributed by atoms with van der Waals surface area (Å²) < 4.78 is 8.22. The molecule has 2 aliphatic rings. The Morgan fingerprint density at radius 1 is 1.47 bits per heavy atom. The molecule has 2 atom stereocenters. The summed E-state index contributed by atoms with van der Waals surface area (Å²) in [5, 5.41) is 0. The van der Waals surface area contributed by atoms with E-state index in [2.05, 4.69) is 28.3 Å². The molecule has 1 aromatic rings. The van der Waals surface area contributed by atoms with Gasteiger partial charge in [-0.25, -0.2) is 4.98 Å². The molecule has 0 bridgehead atoms. The van der Waals surface area contributed by atoms with Gasteiger partial charge in [0, 0.05) is 31.4 Å². The molecule has 2 heterocycles. The maximum Gasteiger partial charge on any atom is 0.0951 e. The van der Waals surface area contributed by atoms with Crippen molar-refractivity contribution < 1.29 is 4.74 Å². The minimum Gasteiger partial charge on any atom is -0.374 e. The van der Waals surface area contributed by atoms with Crippen molar-refractivity contribution in [3.63, 3.8) is 0 Å². The average Bonchev–Trinajstić information content (AvgIpc) is 3.15. The number of hydrogen-bond acceptors (Lipinski definition) is 4. The van der Waals surface area contributed by atoms with Crippen molar-refractivity contribution in [2.75, 3.05) is 19.7 Å². The van der Waals surface area contributed by atoms with Crippen LogP contribution in [-0.4, -0.2) is 46.3 Å². The summed E-state index contributed by atoms with van der Waals surface area (Å²) in [7, 11) is 0. The first-order valence-electron chi connectivity index (χ1n) is 7.31. The van der Waals surface area contributed by atoms with Gasteiger partial charge in [0.25, 0.3) is 0 Å². The molecule has 106 valence electrons. The third kappa shape index (κ3) is 2.42. The highest BCUT2D eigenvalue weighted by Crippen LogP contribution is 2.39. The molecule has 1 aliphatic heterocycles. The Labute approximate surface area is 114 Å². The Kier molecular flexibility index (Phi) is 3.60. The predicted molar refractivity (Wildman–Crippen MR) is 73.9 cm³/mol. The fraction of sp³-hybridized carbons (Fsp3) is 0.786. The fourth-order valence-corrected chi connectivity index (χ4v) is 3.09. The molecule has 19 heavy (non-hydrogen) atoms. The minimum atomic E-state index is 0.0744. The Balaban J connectivity index is 1.93. The van der Waals surface area contributed by atoms with E-state index in [1.807, 2.05) is 12.5 Å². The number of nitrogens with zero attached hydrogens (tertiary/aromatic N) is 3. The van der Waals surface area contributed by atoms with Crippen LogP contribution in [0.25, 0.3) is 0 Å². The van der Waals surface area contributed by atoms with Crippen molar-refractivity contribution in [1.82, 2.24) is 14.5 Å². The molecule has 0 amide bonds. The Morgan fingerprint density at radius 2 is 2.26 bits per heavy atom. The molecular weight excluding hydrogens is 240 g/mol. The highest BCUT2D eigenvalue weighted by Gasteiger charge is 2.38. The first kappa shape index (κ1) is 13.1. The molecule has 5 nitrogen and oxygen atoms in total. The van der Waals surface area contributed by atoms with Crippen molar-refractivity contribution in [2.45, 2.75) is 50.9 Å². The molecule has 1 saturated carbocycles. The van der Waals surface area contributed by atoms with Gasteiger partial charge in [-0.1, -0.05) is 0 Å². The highest BCUT2D eigenvalue weighted by atomic mass is 16.5. The van der Waals surface area contributed by atoms with E-state index in [9.17, 15) is 0 Å². The molecule has 1 aliphatic carbocycles. The number of morpholine rings is 1. The lowest BCUT2D eigenvalue weighted by atomic mass is 10.0. The van der Waals surface area contributed by atoms with Crippen LogP contribution in [0.4, 0.5) is 0 Å². The Hall–Kier alpha value is -0.910. The molecule has 0 aromatic carbocycles. The van der Waals surface area contributed by atoms with Crippen molar-refractivity contribution >= 4 is 0 Å². The van der Waals surface area contributed by atoms with E-state index in [0.29, 0.717) is 18.6 Å². The topological polar surface area (TPSA) is 56.3 Å². The van der Waals surface area contributed by atoms with Gasteiger partial charge in [0.15, 0.2) is 0 Å². The standard InChI is InChI=1S/C14H24N4O/c1-10(2)17-5-6-19-13(7-15)14(17)12-8-16-9-18(12)11-3-4-11/h8-11,13-14H,3-7,15H2,1-2H3. The third-order valence-corrected chi connectivity index (χ3v) is 4.23. The largest absolute Gasteiger partial charge is 0.374 e.